The molecule has 0 N–H and O–H groups in total. The van der Waals surface area contributed by atoms with Crippen molar-refractivity contribution < 1.29 is 0 Å². The molecule has 0 atom stereocenters. The summed E-state index contributed by atoms with van der Waals surface area (Å²) in [5.74, 6) is 0.775. The predicted molar refractivity (Wildman–Crippen MR) is 106 cm³/mol. The molecule has 25 heavy (non-hydrogen) atoms. The fraction of sp³-hybridized carbons (Fsp3) is 0. The molecule has 0 aliphatic carbocycles. The maximum atomic E-state index is 4.48. The highest BCUT2D eigenvalue weighted by Gasteiger charge is 2.20. The van der Waals surface area contributed by atoms with Crippen molar-refractivity contribution in [3.63, 3.8) is 0 Å². The summed E-state index contributed by atoms with van der Waals surface area (Å²) in [5.41, 5.74) is 1.10. The van der Waals surface area contributed by atoms with E-state index in [0.717, 1.165) is 11.4 Å². The van der Waals surface area contributed by atoms with E-state index in [1.807, 2.05) is 6.07 Å². The van der Waals surface area contributed by atoms with Gasteiger partial charge in [0.1, 0.15) is 0 Å². The van der Waals surface area contributed by atoms with Crippen LogP contribution in [-0.2, 0) is 0 Å². The van der Waals surface area contributed by atoms with Gasteiger partial charge in [0.05, 0.1) is 0 Å². The molecule has 0 fully saturated rings. The highest BCUT2D eigenvalue weighted by Crippen LogP contribution is 2.36. The third-order valence-electron chi connectivity index (χ3n) is 3.98. The van der Waals surface area contributed by atoms with Crippen molar-refractivity contribution in [3.05, 3.63) is 103 Å². The van der Waals surface area contributed by atoms with Crippen LogP contribution in [0, 0.1) is 0 Å². The molecule has 0 unspecified atom stereocenters. The van der Waals surface area contributed by atoms with Crippen molar-refractivity contribution in [2.75, 3.05) is 0 Å². The van der Waals surface area contributed by atoms with Crippen LogP contribution in [0.25, 0.3) is 11.4 Å². The lowest BCUT2D eigenvalue weighted by molar-refractivity contribution is 1.18. The van der Waals surface area contributed by atoms with E-state index in [0.29, 0.717) is 0 Å². The summed E-state index contributed by atoms with van der Waals surface area (Å²) in [7, 11) is -0.670. The lowest BCUT2D eigenvalue weighted by Gasteiger charge is -2.21. The Hall–Kier alpha value is -2.83. The second kappa shape index (κ2) is 7.38. The van der Waals surface area contributed by atoms with Crippen molar-refractivity contribution >= 4 is 23.8 Å². The van der Waals surface area contributed by atoms with Crippen LogP contribution in [0.5, 0.6) is 0 Å². The molecule has 1 heterocycles. The predicted octanol–water partition coefficient (Wildman–Crippen LogP) is 3.90. The van der Waals surface area contributed by atoms with Crippen molar-refractivity contribution in [3.8, 4) is 11.4 Å². The van der Waals surface area contributed by atoms with E-state index >= 15 is 0 Å². The van der Waals surface area contributed by atoms with Gasteiger partial charge in [-0.1, -0.05) is 84.9 Å². The van der Waals surface area contributed by atoms with Gasteiger partial charge in [-0.05, 0) is 29.9 Å². The van der Waals surface area contributed by atoms with Crippen LogP contribution < -0.4 is 15.9 Å². The molecule has 0 amide bonds. The Morgan fingerprint density at radius 2 is 1.04 bits per heavy atom. The quantitative estimate of drug-likeness (QED) is 0.527. The van der Waals surface area contributed by atoms with Gasteiger partial charge in [0.15, 0.2) is 5.82 Å². The van der Waals surface area contributed by atoms with Gasteiger partial charge in [0.25, 0.3) is 0 Å². The van der Waals surface area contributed by atoms with Gasteiger partial charge in [0, 0.05) is 18.0 Å². The first-order valence-electron chi connectivity index (χ1n) is 8.20. The summed E-state index contributed by atoms with van der Waals surface area (Å²) in [6.07, 6.45) is 3.60. The zero-order valence-electron chi connectivity index (χ0n) is 13.7. The highest BCUT2D eigenvalue weighted by molar-refractivity contribution is 7.80. The van der Waals surface area contributed by atoms with Gasteiger partial charge in [-0.2, -0.15) is 0 Å². The van der Waals surface area contributed by atoms with Gasteiger partial charge >= 0.3 is 0 Å². The number of hydrogen-bond acceptors (Lipinski definition) is 2. The smallest absolute Gasteiger partial charge is 0.159 e. The topological polar surface area (TPSA) is 25.8 Å². The SMILES string of the molecule is c1ccc(P(c2ccccc2)c2ccccc2-c2ncccn2)cc1. The van der Waals surface area contributed by atoms with Crippen LogP contribution in [0.15, 0.2) is 103 Å². The van der Waals surface area contributed by atoms with Crippen molar-refractivity contribution in [1.29, 1.82) is 0 Å². The molecular formula is C22H17N2P. The number of benzene rings is 3. The fourth-order valence-electron chi connectivity index (χ4n) is 2.88. The molecule has 2 nitrogen and oxygen atoms in total. The molecule has 0 saturated heterocycles. The van der Waals surface area contributed by atoms with E-state index < -0.39 is 7.92 Å². The van der Waals surface area contributed by atoms with Crippen molar-refractivity contribution in [2.45, 2.75) is 0 Å². The Morgan fingerprint density at radius 1 is 0.520 bits per heavy atom. The van der Waals surface area contributed by atoms with Crippen molar-refractivity contribution in [1.82, 2.24) is 9.97 Å². The minimum atomic E-state index is -0.670. The lowest BCUT2D eigenvalue weighted by atomic mass is 10.2. The molecule has 0 bridgehead atoms. The van der Waals surface area contributed by atoms with Crippen LogP contribution in [-0.4, -0.2) is 9.97 Å². The fourth-order valence-corrected chi connectivity index (χ4v) is 5.32. The van der Waals surface area contributed by atoms with Gasteiger partial charge in [-0.25, -0.2) is 9.97 Å². The Kier molecular flexibility index (Phi) is 4.63. The maximum absolute atomic E-state index is 4.48. The van der Waals surface area contributed by atoms with Crippen LogP contribution >= 0.6 is 7.92 Å². The Bertz CT molecular complexity index is 902. The number of rotatable bonds is 4. The Morgan fingerprint density at radius 3 is 1.64 bits per heavy atom. The van der Waals surface area contributed by atoms with Gasteiger partial charge in [0.2, 0.25) is 0 Å². The molecule has 1 aromatic heterocycles. The summed E-state index contributed by atoms with van der Waals surface area (Å²) in [5, 5.41) is 3.93. The minimum absolute atomic E-state index is 0.670. The second-order valence-corrected chi connectivity index (χ2v) is 7.78. The first kappa shape index (κ1) is 15.7. The summed E-state index contributed by atoms with van der Waals surface area (Å²) in [6.45, 7) is 0. The summed E-state index contributed by atoms with van der Waals surface area (Å²) < 4.78 is 0. The van der Waals surface area contributed by atoms with E-state index in [1.165, 1.54) is 15.9 Å². The summed E-state index contributed by atoms with van der Waals surface area (Å²) in [6, 6.07) is 31.7. The molecule has 0 aliphatic heterocycles. The first-order chi connectivity index (χ1) is 12.4. The molecular weight excluding hydrogens is 323 g/mol. The largest absolute Gasteiger partial charge is 0.237 e. The normalized spacial score (nSPS) is 10.8. The lowest BCUT2D eigenvalue weighted by Crippen LogP contribution is -2.22. The monoisotopic (exact) mass is 340 g/mol. The standard InChI is InChI=1S/C22H17N2P/c1-3-10-18(11-4-1)25(19-12-5-2-6-13-19)21-15-8-7-14-20(21)22-23-16-9-17-24-22/h1-17H. The highest BCUT2D eigenvalue weighted by atomic mass is 31.1. The van der Waals surface area contributed by atoms with E-state index in [4.69, 9.17) is 0 Å². The van der Waals surface area contributed by atoms with Crippen LogP contribution in [0.2, 0.25) is 0 Å². The van der Waals surface area contributed by atoms with Gasteiger partial charge in [-0.15, -0.1) is 0 Å². The van der Waals surface area contributed by atoms with Crippen LogP contribution in [0.1, 0.15) is 0 Å². The molecule has 3 aromatic carbocycles. The molecule has 4 aromatic rings. The summed E-state index contributed by atoms with van der Waals surface area (Å²) >= 11 is 0. The Labute approximate surface area is 149 Å². The molecule has 0 spiro atoms. The number of nitrogens with zero attached hydrogens (tertiary/aromatic N) is 2. The molecule has 0 radical (unpaired) electrons. The average Bonchev–Trinajstić information content (AvgIpc) is 2.71. The summed E-state index contributed by atoms with van der Waals surface area (Å²) in [4.78, 5) is 8.96. The van der Waals surface area contributed by atoms with Crippen molar-refractivity contribution in [2.24, 2.45) is 0 Å². The first-order valence-corrected chi connectivity index (χ1v) is 9.54. The van der Waals surface area contributed by atoms with Crippen LogP contribution in [0.4, 0.5) is 0 Å². The van der Waals surface area contributed by atoms with Gasteiger partial charge in [-0.3, -0.25) is 0 Å². The zero-order chi connectivity index (χ0) is 16.9. The van der Waals surface area contributed by atoms with E-state index in [2.05, 4.69) is 94.9 Å². The van der Waals surface area contributed by atoms with Crippen LogP contribution in [0.3, 0.4) is 0 Å². The zero-order valence-corrected chi connectivity index (χ0v) is 14.6. The molecule has 3 heteroatoms. The minimum Gasteiger partial charge on any atom is -0.237 e. The molecule has 120 valence electrons. The maximum Gasteiger partial charge on any atom is 0.159 e. The van der Waals surface area contributed by atoms with E-state index in [-0.39, 0.29) is 0 Å². The number of aromatic nitrogens is 2. The number of hydrogen-bond donors (Lipinski definition) is 0. The Balaban J connectivity index is 1.93. The molecule has 0 saturated carbocycles. The third-order valence-corrected chi connectivity index (χ3v) is 6.48. The van der Waals surface area contributed by atoms with E-state index in [1.54, 1.807) is 12.4 Å². The third kappa shape index (κ3) is 3.35. The molecule has 0 aliphatic rings. The molecule has 4 rings (SSSR count). The van der Waals surface area contributed by atoms with Gasteiger partial charge < -0.3 is 0 Å². The van der Waals surface area contributed by atoms with E-state index in [9.17, 15) is 0 Å². The average molecular weight is 340 g/mol. The second-order valence-electron chi connectivity index (χ2n) is 5.60.